The minimum Gasteiger partial charge on any atom is -0.493 e. The predicted octanol–water partition coefficient (Wildman–Crippen LogP) is 2.68. The number of benzene rings is 1. The number of hydrogen-bond donors (Lipinski definition) is 1. The van der Waals surface area contributed by atoms with Crippen LogP contribution >= 0.6 is 0 Å². The van der Waals surface area contributed by atoms with Crippen LogP contribution in [-0.4, -0.2) is 32.5 Å². The Bertz CT molecular complexity index is 443. The van der Waals surface area contributed by atoms with E-state index in [4.69, 9.17) is 14.2 Å². The van der Waals surface area contributed by atoms with Crippen molar-refractivity contribution in [2.24, 2.45) is 0 Å². The van der Waals surface area contributed by atoms with Gasteiger partial charge in [-0.15, -0.1) is 0 Å². The summed E-state index contributed by atoms with van der Waals surface area (Å²) in [5.74, 6) is 1.84. The van der Waals surface area contributed by atoms with Crippen molar-refractivity contribution in [2.45, 2.75) is 38.3 Å². The van der Waals surface area contributed by atoms with Crippen molar-refractivity contribution in [3.05, 3.63) is 23.8 Å². The lowest BCUT2D eigenvalue weighted by Crippen LogP contribution is -2.21. The molecule has 4 nitrogen and oxygen atoms in total. The Balaban J connectivity index is 1.53. The quantitative estimate of drug-likeness (QED) is 0.868. The average Bonchev–Trinajstić information content (AvgIpc) is 3.09. The van der Waals surface area contributed by atoms with Crippen LogP contribution in [0.1, 0.15) is 37.8 Å². The first-order chi connectivity index (χ1) is 9.86. The molecule has 3 rings (SSSR count). The van der Waals surface area contributed by atoms with E-state index in [0.29, 0.717) is 25.4 Å². The Labute approximate surface area is 120 Å². The molecule has 1 aromatic rings. The molecule has 4 heteroatoms. The van der Waals surface area contributed by atoms with Gasteiger partial charge in [-0.05, 0) is 31.5 Å². The first-order valence-corrected chi connectivity index (χ1v) is 7.61. The van der Waals surface area contributed by atoms with Crippen molar-refractivity contribution >= 4 is 0 Å². The normalized spacial score (nSPS) is 24.4. The van der Waals surface area contributed by atoms with Gasteiger partial charge in [-0.1, -0.05) is 6.92 Å². The molecule has 0 spiro atoms. The number of ether oxygens (including phenoxy) is 3. The van der Waals surface area contributed by atoms with E-state index < -0.39 is 0 Å². The van der Waals surface area contributed by atoms with E-state index in [0.717, 1.165) is 31.1 Å². The minimum absolute atomic E-state index is 0.316. The van der Waals surface area contributed by atoms with Crippen molar-refractivity contribution in [3.8, 4) is 11.5 Å². The molecule has 1 fully saturated rings. The fourth-order valence-electron chi connectivity index (χ4n) is 2.88. The Kier molecular flexibility index (Phi) is 4.43. The molecule has 0 amide bonds. The predicted molar refractivity (Wildman–Crippen MR) is 77.4 cm³/mol. The first kappa shape index (κ1) is 13.7. The molecule has 1 aromatic carbocycles. The molecule has 2 aliphatic heterocycles. The summed E-state index contributed by atoms with van der Waals surface area (Å²) in [6, 6.07) is 6.46. The maximum absolute atomic E-state index is 5.81. The summed E-state index contributed by atoms with van der Waals surface area (Å²) in [5.41, 5.74) is 1.23. The van der Waals surface area contributed by atoms with Gasteiger partial charge in [0.1, 0.15) is 18.1 Å². The summed E-state index contributed by atoms with van der Waals surface area (Å²) in [7, 11) is 0. The summed E-state index contributed by atoms with van der Waals surface area (Å²) in [5, 5.41) is 3.42. The molecule has 0 aliphatic carbocycles. The van der Waals surface area contributed by atoms with E-state index in [2.05, 4.69) is 18.3 Å². The maximum atomic E-state index is 5.81. The second kappa shape index (κ2) is 6.46. The van der Waals surface area contributed by atoms with Gasteiger partial charge in [0.15, 0.2) is 0 Å². The van der Waals surface area contributed by atoms with Gasteiger partial charge in [0.2, 0.25) is 0 Å². The van der Waals surface area contributed by atoms with Crippen LogP contribution in [0.5, 0.6) is 11.5 Å². The number of hydrogen-bond acceptors (Lipinski definition) is 4. The monoisotopic (exact) mass is 277 g/mol. The maximum Gasteiger partial charge on any atom is 0.127 e. The summed E-state index contributed by atoms with van der Waals surface area (Å²) in [6.45, 7) is 5.39. The van der Waals surface area contributed by atoms with Crippen molar-refractivity contribution in [3.63, 3.8) is 0 Å². The molecule has 2 heterocycles. The molecule has 0 aromatic heterocycles. The van der Waals surface area contributed by atoms with Gasteiger partial charge in [-0.3, -0.25) is 0 Å². The fraction of sp³-hybridized carbons (Fsp3) is 0.625. The van der Waals surface area contributed by atoms with E-state index in [1.54, 1.807) is 0 Å². The summed E-state index contributed by atoms with van der Waals surface area (Å²) in [4.78, 5) is 0. The number of fused-ring (bicyclic) bond motifs is 1. The Hall–Kier alpha value is -1.26. The zero-order chi connectivity index (χ0) is 13.8. The summed E-state index contributed by atoms with van der Waals surface area (Å²) in [6.07, 6.45) is 3.71. The van der Waals surface area contributed by atoms with Gasteiger partial charge < -0.3 is 19.5 Å². The lowest BCUT2D eigenvalue weighted by atomic mass is 10.1. The summed E-state index contributed by atoms with van der Waals surface area (Å²) >= 11 is 0. The van der Waals surface area contributed by atoms with E-state index in [9.17, 15) is 0 Å². The van der Waals surface area contributed by atoms with Gasteiger partial charge in [0.25, 0.3) is 0 Å². The third-order valence-corrected chi connectivity index (χ3v) is 3.95. The van der Waals surface area contributed by atoms with Crippen LogP contribution in [-0.2, 0) is 4.74 Å². The number of likely N-dealkylation sites (N-methyl/N-ethyl adjacent to an activating group) is 1. The third-order valence-electron chi connectivity index (χ3n) is 3.95. The van der Waals surface area contributed by atoms with Gasteiger partial charge in [-0.25, -0.2) is 0 Å². The smallest absolute Gasteiger partial charge is 0.127 e. The zero-order valence-corrected chi connectivity index (χ0v) is 12.1. The number of rotatable bonds is 6. The van der Waals surface area contributed by atoms with Crippen molar-refractivity contribution in [1.82, 2.24) is 5.32 Å². The molecular formula is C16H23NO3. The van der Waals surface area contributed by atoms with E-state index >= 15 is 0 Å². The molecule has 20 heavy (non-hydrogen) atoms. The van der Waals surface area contributed by atoms with Crippen LogP contribution in [0.4, 0.5) is 0 Å². The minimum atomic E-state index is 0.316. The lowest BCUT2D eigenvalue weighted by Gasteiger charge is -2.12. The van der Waals surface area contributed by atoms with Crippen LogP contribution < -0.4 is 14.8 Å². The topological polar surface area (TPSA) is 39.7 Å². The van der Waals surface area contributed by atoms with E-state index in [1.807, 2.05) is 12.1 Å². The SMILES string of the molecule is CCNC1COc2cc(OCCC3CCCO3)ccc21. The molecule has 110 valence electrons. The van der Waals surface area contributed by atoms with Gasteiger partial charge in [0.05, 0.1) is 18.8 Å². The van der Waals surface area contributed by atoms with Crippen LogP contribution in [0.3, 0.4) is 0 Å². The molecule has 2 unspecified atom stereocenters. The Morgan fingerprint density at radius 1 is 1.40 bits per heavy atom. The molecule has 0 saturated carbocycles. The molecule has 0 bridgehead atoms. The van der Waals surface area contributed by atoms with Crippen molar-refractivity contribution < 1.29 is 14.2 Å². The second-order valence-corrected chi connectivity index (χ2v) is 5.39. The van der Waals surface area contributed by atoms with Crippen molar-refractivity contribution in [1.29, 1.82) is 0 Å². The molecule has 2 atom stereocenters. The molecular weight excluding hydrogens is 254 g/mol. The highest BCUT2D eigenvalue weighted by atomic mass is 16.5. The Morgan fingerprint density at radius 3 is 3.15 bits per heavy atom. The first-order valence-electron chi connectivity index (χ1n) is 7.61. The second-order valence-electron chi connectivity index (χ2n) is 5.39. The summed E-state index contributed by atoms with van der Waals surface area (Å²) < 4.78 is 17.1. The highest BCUT2D eigenvalue weighted by molar-refractivity contribution is 5.45. The molecule has 2 aliphatic rings. The van der Waals surface area contributed by atoms with Crippen LogP contribution in [0, 0.1) is 0 Å². The highest BCUT2D eigenvalue weighted by Crippen LogP contribution is 2.35. The molecule has 1 N–H and O–H groups in total. The van der Waals surface area contributed by atoms with E-state index in [1.165, 1.54) is 18.4 Å². The van der Waals surface area contributed by atoms with Crippen LogP contribution in [0.25, 0.3) is 0 Å². The molecule has 1 saturated heterocycles. The van der Waals surface area contributed by atoms with Crippen LogP contribution in [0.15, 0.2) is 18.2 Å². The van der Waals surface area contributed by atoms with Gasteiger partial charge >= 0.3 is 0 Å². The van der Waals surface area contributed by atoms with E-state index in [-0.39, 0.29) is 0 Å². The third kappa shape index (κ3) is 3.07. The Morgan fingerprint density at radius 2 is 2.35 bits per heavy atom. The molecule has 0 radical (unpaired) electrons. The largest absolute Gasteiger partial charge is 0.493 e. The fourth-order valence-corrected chi connectivity index (χ4v) is 2.88. The lowest BCUT2D eigenvalue weighted by molar-refractivity contribution is 0.0903. The van der Waals surface area contributed by atoms with Gasteiger partial charge in [0, 0.05) is 24.7 Å². The average molecular weight is 277 g/mol. The van der Waals surface area contributed by atoms with Gasteiger partial charge in [-0.2, -0.15) is 0 Å². The highest BCUT2D eigenvalue weighted by Gasteiger charge is 2.23. The zero-order valence-electron chi connectivity index (χ0n) is 12.1. The standard InChI is InChI=1S/C16H23NO3/c1-2-17-15-11-20-16-10-13(5-6-14(15)16)19-9-7-12-4-3-8-18-12/h5-6,10,12,15,17H,2-4,7-9,11H2,1H3. The van der Waals surface area contributed by atoms with Crippen molar-refractivity contribution in [2.75, 3.05) is 26.4 Å². The number of nitrogens with one attached hydrogen (secondary N) is 1. The van der Waals surface area contributed by atoms with Crippen LogP contribution in [0.2, 0.25) is 0 Å².